The minimum atomic E-state index is -0.335. The van der Waals surface area contributed by atoms with E-state index in [9.17, 15) is 4.39 Å². The van der Waals surface area contributed by atoms with E-state index in [0.29, 0.717) is 6.04 Å². The molecule has 102 valence electrons. The molecule has 0 saturated carbocycles. The summed E-state index contributed by atoms with van der Waals surface area (Å²) in [7, 11) is 0. The Morgan fingerprint density at radius 1 is 1.33 bits per heavy atom. The molecule has 0 aliphatic rings. The van der Waals surface area contributed by atoms with Crippen LogP contribution in [0, 0.1) is 11.2 Å². The summed E-state index contributed by atoms with van der Waals surface area (Å²) in [6, 6.07) is 5.42. The van der Waals surface area contributed by atoms with Gasteiger partial charge in [-0.25, -0.2) is 4.39 Å². The zero-order valence-electron chi connectivity index (χ0n) is 11.7. The zero-order valence-corrected chi connectivity index (χ0v) is 12.4. The van der Waals surface area contributed by atoms with Gasteiger partial charge in [0.05, 0.1) is 5.02 Å². The van der Waals surface area contributed by atoms with Crippen molar-refractivity contribution >= 4 is 11.6 Å². The van der Waals surface area contributed by atoms with E-state index in [1.54, 1.807) is 12.1 Å². The summed E-state index contributed by atoms with van der Waals surface area (Å²) in [5.74, 6) is -0.335. The molecule has 0 heterocycles. The van der Waals surface area contributed by atoms with E-state index in [1.165, 1.54) is 0 Å². The van der Waals surface area contributed by atoms with Crippen LogP contribution in [0.4, 0.5) is 4.39 Å². The summed E-state index contributed by atoms with van der Waals surface area (Å²) < 4.78 is 13.4. The van der Waals surface area contributed by atoms with Gasteiger partial charge in [0.25, 0.3) is 0 Å². The maximum Gasteiger partial charge on any atom is 0.142 e. The molecular formula is C15H23ClFN. The van der Waals surface area contributed by atoms with E-state index in [1.807, 2.05) is 6.07 Å². The van der Waals surface area contributed by atoms with Crippen LogP contribution in [0.15, 0.2) is 18.2 Å². The lowest BCUT2D eigenvalue weighted by Crippen LogP contribution is -2.43. The van der Waals surface area contributed by atoms with Gasteiger partial charge in [-0.1, -0.05) is 45.4 Å². The molecule has 1 aromatic rings. The number of nitrogens with one attached hydrogen (secondary N) is 1. The molecule has 1 rings (SSSR count). The molecule has 0 spiro atoms. The van der Waals surface area contributed by atoms with Crippen molar-refractivity contribution in [2.45, 2.75) is 46.6 Å². The number of hydrogen-bond donors (Lipinski definition) is 1. The van der Waals surface area contributed by atoms with Crippen LogP contribution in [0.1, 0.15) is 39.7 Å². The lowest BCUT2D eigenvalue weighted by Gasteiger charge is -2.34. The largest absolute Gasteiger partial charge is 0.313 e. The number of rotatable bonds is 6. The number of halogens is 2. The first kappa shape index (κ1) is 15.5. The summed E-state index contributed by atoms with van der Waals surface area (Å²) in [6.45, 7) is 9.69. The average Bonchev–Trinajstić information content (AvgIpc) is 2.33. The first-order valence-corrected chi connectivity index (χ1v) is 6.95. The zero-order chi connectivity index (χ0) is 13.8. The van der Waals surface area contributed by atoms with Crippen molar-refractivity contribution < 1.29 is 4.39 Å². The van der Waals surface area contributed by atoms with Crippen molar-refractivity contribution in [1.29, 1.82) is 0 Å². The molecule has 1 N–H and O–H groups in total. The predicted molar refractivity (Wildman–Crippen MR) is 76.7 cm³/mol. The molecule has 0 aliphatic heterocycles. The summed E-state index contributed by atoms with van der Waals surface area (Å²) in [6.07, 6.45) is 1.91. The smallest absolute Gasteiger partial charge is 0.142 e. The topological polar surface area (TPSA) is 12.0 Å². The van der Waals surface area contributed by atoms with E-state index >= 15 is 0 Å². The summed E-state index contributed by atoms with van der Waals surface area (Å²) in [4.78, 5) is 0. The SMILES string of the molecule is CCNC(Cc1ccc(Cl)c(F)c1)C(C)(C)CC. The molecule has 3 heteroatoms. The Morgan fingerprint density at radius 3 is 2.50 bits per heavy atom. The second-order valence-corrected chi connectivity index (χ2v) is 5.81. The van der Waals surface area contributed by atoms with E-state index in [4.69, 9.17) is 11.6 Å². The maximum absolute atomic E-state index is 13.4. The molecule has 0 aromatic heterocycles. The third kappa shape index (κ3) is 3.96. The van der Waals surface area contributed by atoms with Gasteiger partial charge in [-0.05, 0) is 42.5 Å². The van der Waals surface area contributed by atoms with Crippen molar-refractivity contribution in [3.63, 3.8) is 0 Å². The van der Waals surface area contributed by atoms with Gasteiger partial charge in [-0.3, -0.25) is 0 Å². The fraction of sp³-hybridized carbons (Fsp3) is 0.600. The van der Waals surface area contributed by atoms with Gasteiger partial charge >= 0.3 is 0 Å². The summed E-state index contributed by atoms with van der Waals surface area (Å²) in [5, 5.41) is 3.69. The second kappa shape index (κ2) is 6.53. The van der Waals surface area contributed by atoms with Crippen LogP contribution < -0.4 is 5.32 Å². The minimum absolute atomic E-state index is 0.187. The number of hydrogen-bond acceptors (Lipinski definition) is 1. The standard InChI is InChI=1S/C15H23ClFN/c1-5-15(3,4)14(18-6-2)10-11-7-8-12(16)13(17)9-11/h7-9,14,18H,5-6,10H2,1-4H3. The van der Waals surface area contributed by atoms with E-state index < -0.39 is 0 Å². The third-order valence-corrected chi connectivity index (χ3v) is 4.04. The minimum Gasteiger partial charge on any atom is -0.313 e. The maximum atomic E-state index is 13.4. The molecule has 1 nitrogen and oxygen atoms in total. The van der Waals surface area contributed by atoms with E-state index in [2.05, 4.69) is 33.0 Å². The normalized spacial score (nSPS) is 13.7. The van der Waals surface area contributed by atoms with Crippen LogP contribution in [0.2, 0.25) is 5.02 Å². The molecule has 18 heavy (non-hydrogen) atoms. The van der Waals surface area contributed by atoms with Crippen LogP contribution in [0.25, 0.3) is 0 Å². The highest BCUT2D eigenvalue weighted by Crippen LogP contribution is 2.28. The fourth-order valence-corrected chi connectivity index (χ4v) is 2.14. The molecule has 1 aromatic carbocycles. The van der Waals surface area contributed by atoms with Gasteiger partial charge in [-0.15, -0.1) is 0 Å². The number of benzene rings is 1. The van der Waals surface area contributed by atoms with Crippen LogP contribution in [0.3, 0.4) is 0 Å². The molecular weight excluding hydrogens is 249 g/mol. The third-order valence-electron chi connectivity index (χ3n) is 3.73. The lowest BCUT2D eigenvalue weighted by molar-refractivity contribution is 0.232. The molecule has 0 amide bonds. The van der Waals surface area contributed by atoms with Crippen molar-refractivity contribution in [1.82, 2.24) is 5.32 Å². The van der Waals surface area contributed by atoms with Crippen molar-refractivity contribution in [2.24, 2.45) is 5.41 Å². The molecule has 1 atom stereocenters. The Kier molecular flexibility index (Phi) is 5.61. The monoisotopic (exact) mass is 271 g/mol. The highest BCUT2D eigenvalue weighted by molar-refractivity contribution is 6.30. The van der Waals surface area contributed by atoms with Gasteiger partial charge in [-0.2, -0.15) is 0 Å². The quantitative estimate of drug-likeness (QED) is 0.807. The molecule has 0 saturated heterocycles. The first-order chi connectivity index (χ1) is 8.40. The summed E-state index contributed by atoms with van der Waals surface area (Å²) >= 11 is 5.70. The van der Waals surface area contributed by atoms with Gasteiger partial charge in [0.15, 0.2) is 0 Å². The Bertz CT molecular complexity index is 390. The van der Waals surface area contributed by atoms with Crippen LogP contribution in [0.5, 0.6) is 0 Å². The Labute approximate surface area is 115 Å². The first-order valence-electron chi connectivity index (χ1n) is 6.58. The van der Waals surface area contributed by atoms with Crippen molar-refractivity contribution in [3.8, 4) is 0 Å². The summed E-state index contributed by atoms with van der Waals surface area (Å²) in [5.41, 5.74) is 1.18. The second-order valence-electron chi connectivity index (χ2n) is 5.40. The van der Waals surface area contributed by atoms with E-state index in [-0.39, 0.29) is 16.3 Å². The van der Waals surface area contributed by atoms with Crippen LogP contribution in [-0.2, 0) is 6.42 Å². The molecule has 0 aliphatic carbocycles. The molecule has 0 radical (unpaired) electrons. The Hall–Kier alpha value is -0.600. The van der Waals surface area contributed by atoms with E-state index in [0.717, 1.165) is 24.9 Å². The molecule has 0 bridgehead atoms. The Balaban J connectivity index is 2.86. The van der Waals surface area contributed by atoms with Crippen LogP contribution >= 0.6 is 11.6 Å². The number of likely N-dealkylation sites (N-methyl/N-ethyl adjacent to an activating group) is 1. The van der Waals surface area contributed by atoms with Gasteiger partial charge < -0.3 is 5.32 Å². The van der Waals surface area contributed by atoms with Gasteiger partial charge in [0.1, 0.15) is 5.82 Å². The highest BCUT2D eigenvalue weighted by atomic mass is 35.5. The van der Waals surface area contributed by atoms with Crippen LogP contribution in [-0.4, -0.2) is 12.6 Å². The molecule has 0 fully saturated rings. The average molecular weight is 272 g/mol. The van der Waals surface area contributed by atoms with Gasteiger partial charge in [0.2, 0.25) is 0 Å². The lowest BCUT2D eigenvalue weighted by atomic mass is 9.79. The van der Waals surface area contributed by atoms with Crippen molar-refractivity contribution in [3.05, 3.63) is 34.6 Å². The Morgan fingerprint density at radius 2 is 2.00 bits per heavy atom. The fourth-order valence-electron chi connectivity index (χ4n) is 2.02. The predicted octanol–water partition coefficient (Wildman–Crippen LogP) is 4.44. The highest BCUT2D eigenvalue weighted by Gasteiger charge is 2.27. The van der Waals surface area contributed by atoms with Crippen molar-refractivity contribution in [2.75, 3.05) is 6.54 Å². The molecule has 1 unspecified atom stereocenters. The van der Waals surface area contributed by atoms with Gasteiger partial charge in [0, 0.05) is 6.04 Å².